The molecule has 3 heteroatoms. The van der Waals surface area contributed by atoms with E-state index in [1.165, 1.54) is 5.56 Å². The van der Waals surface area contributed by atoms with Crippen LogP contribution >= 0.6 is 15.9 Å². The highest BCUT2D eigenvalue weighted by Gasteiger charge is 2.19. The second kappa shape index (κ2) is 7.74. The van der Waals surface area contributed by atoms with Crippen molar-refractivity contribution >= 4 is 15.9 Å². The van der Waals surface area contributed by atoms with E-state index in [-0.39, 0.29) is 12.1 Å². The summed E-state index contributed by atoms with van der Waals surface area (Å²) in [7, 11) is 0. The van der Waals surface area contributed by atoms with Gasteiger partial charge in [0.25, 0.3) is 0 Å². The lowest BCUT2D eigenvalue weighted by Gasteiger charge is -2.24. The van der Waals surface area contributed by atoms with Crippen LogP contribution in [0.1, 0.15) is 36.1 Å². The molecule has 2 atom stereocenters. The van der Waals surface area contributed by atoms with Crippen molar-refractivity contribution in [3.05, 3.63) is 69.7 Å². The molecule has 0 radical (unpaired) electrons. The Bertz CT molecular complexity index is 585. The van der Waals surface area contributed by atoms with Gasteiger partial charge in [0.15, 0.2) is 0 Å². The number of hydrogen-bond acceptors (Lipinski definition) is 2. The summed E-state index contributed by atoms with van der Waals surface area (Å²) >= 11 is 3.49. The van der Waals surface area contributed by atoms with Gasteiger partial charge in [-0.15, -0.1) is 0 Å². The van der Waals surface area contributed by atoms with E-state index in [1.807, 2.05) is 12.1 Å². The SMILES string of the molecule is CCC(N)C(OCc1cccc(Br)c1)c1cccc(C)c1. The van der Waals surface area contributed by atoms with E-state index in [0.29, 0.717) is 6.61 Å². The summed E-state index contributed by atoms with van der Waals surface area (Å²) in [5, 5.41) is 0. The highest BCUT2D eigenvalue weighted by molar-refractivity contribution is 9.10. The molecule has 0 fully saturated rings. The molecule has 2 aromatic rings. The van der Waals surface area contributed by atoms with Gasteiger partial charge in [-0.2, -0.15) is 0 Å². The monoisotopic (exact) mass is 347 g/mol. The molecule has 2 nitrogen and oxygen atoms in total. The molecule has 0 aromatic heterocycles. The topological polar surface area (TPSA) is 35.2 Å². The van der Waals surface area contributed by atoms with Gasteiger partial charge in [0, 0.05) is 10.5 Å². The van der Waals surface area contributed by atoms with Crippen LogP contribution < -0.4 is 5.73 Å². The summed E-state index contributed by atoms with van der Waals surface area (Å²) in [4.78, 5) is 0. The summed E-state index contributed by atoms with van der Waals surface area (Å²) < 4.78 is 7.20. The maximum absolute atomic E-state index is 6.26. The van der Waals surface area contributed by atoms with Crippen molar-refractivity contribution < 1.29 is 4.74 Å². The molecule has 0 aliphatic carbocycles. The highest BCUT2D eigenvalue weighted by atomic mass is 79.9. The predicted molar refractivity (Wildman–Crippen MR) is 91.1 cm³/mol. The van der Waals surface area contributed by atoms with Crippen molar-refractivity contribution in [1.29, 1.82) is 0 Å². The van der Waals surface area contributed by atoms with Crippen molar-refractivity contribution in [3.63, 3.8) is 0 Å². The number of nitrogens with two attached hydrogens (primary N) is 1. The van der Waals surface area contributed by atoms with Gasteiger partial charge in [-0.1, -0.05) is 64.8 Å². The van der Waals surface area contributed by atoms with Gasteiger partial charge in [-0.05, 0) is 36.6 Å². The van der Waals surface area contributed by atoms with Crippen LogP contribution in [0.4, 0.5) is 0 Å². The van der Waals surface area contributed by atoms with E-state index >= 15 is 0 Å². The Morgan fingerprint density at radius 3 is 2.57 bits per heavy atom. The molecular weight excluding hydrogens is 326 g/mol. The summed E-state index contributed by atoms with van der Waals surface area (Å²) in [6, 6.07) is 16.6. The van der Waals surface area contributed by atoms with Gasteiger partial charge in [-0.25, -0.2) is 0 Å². The summed E-state index contributed by atoms with van der Waals surface area (Å²) in [6.07, 6.45) is 0.811. The van der Waals surface area contributed by atoms with E-state index in [4.69, 9.17) is 10.5 Å². The predicted octanol–water partition coefficient (Wildman–Crippen LogP) is 4.75. The van der Waals surface area contributed by atoms with Crippen molar-refractivity contribution in [3.8, 4) is 0 Å². The fourth-order valence-corrected chi connectivity index (χ4v) is 2.79. The normalized spacial score (nSPS) is 13.9. The molecule has 0 bridgehead atoms. The van der Waals surface area contributed by atoms with Gasteiger partial charge in [0.2, 0.25) is 0 Å². The minimum Gasteiger partial charge on any atom is -0.367 e. The first kappa shape index (κ1) is 16.2. The van der Waals surface area contributed by atoms with Crippen LogP contribution in [-0.2, 0) is 11.3 Å². The third kappa shape index (κ3) is 4.67. The first-order chi connectivity index (χ1) is 10.1. The lowest BCUT2D eigenvalue weighted by molar-refractivity contribution is 0.0212. The summed E-state index contributed by atoms with van der Waals surface area (Å²) in [5.74, 6) is 0. The summed E-state index contributed by atoms with van der Waals surface area (Å²) in [6.45, 7) is 4.74. The molecule has 0 heterocycles. The first-order valence-electron chi connectivity index (χ1n) is 7.28. The molecule has 0 aliphatic heterocycles. The number of aryl methyl sites for hydroxylation is 1. The number of benzene rings is 2. The third-order valence-electron chi connectivity index (χ3n) is 3.55. The first-order valence-corrected chi connectivity index (χ1v) is 8.07. The highest BCUT2D eigenvalue weighted by Crippen LogP contribution is 2.25. The Balaban J connectivity index is 2.14. The Morgan fingerprint density at radius 2 is 1.90 bits per heavy atom. The Kier molecular flexibility index (Phi) is 5.97. The zero-order valence-electron chi connectivity index (χ0n) is 12.6. The van der Waals surface area contributed by atoms with E-state index in [2.05, 4.69) is 66.2 Å². The molecule has 0 spiro atoms. The van der Waals surface area contributed by atoms with E-state index in [1.54, 1.807) is 0 Å². The minimum absolute atomic E-state index is 0.000970. The number of rotatable bonds is 6. The Morgan fingerprint density at radius 1 is 1.14 bits per heavy atom. The van der Waals surface area contributed by atoms with Crippen molar-refractivity contribution in [2.45, 2.75) is 39.0 Å². The van der Waals surface area contributed by atoms with Gasteiger partial charge in [0.05, 0.1) is 12.7 Å². The average Bonchev–Trinajstić information content (AvgIpc) is 2.47. The van der Waals surface area contributed by atoms with Crippen LogP contribution in [0, 0.1) is 6.92 Å². The number of hydrogen-bond donors (Lipinski definition) is 1. The molecule has 21 heavy (non-hydrogen) atoms. The second-order valence-electron chi connectivity index (χ2n) is 5.35. The van der Waals surface area contributed by atoms with Crippen molar-refractivity contribution in [2.75, 3.05) is 0 Å². The van der Waals surface area contributed by atoms with E-state index in [9.17, 15) is 0 Å². The van der Waals surface area contributed by atoms with E-state index < -0.39 is 0 Å². The van der Waals surface area contributed by atoms with Crippen molar-refractivity contribution in [2.24, 2.45) is 5.73 Å². The molecule has 2 unspecified atom stereocenters. The molecule has 2 rings (SSSR count). The smallest absolute Gasteiger partial charge is 0.0980 e. The third-order valence-corrected chi connectivity index (χ3v) is 4.04. The van der Waals surface area contributed by atoms with Crippen LogP contribution in [-0.4, -0.2) is 6.04 Å². The molecule has 0 amide bonds. The summed E-state index contributed by atoms with van der Waals surface area (Å²) in [5.41, 5.74) is 9.78. The fraction of sp³-hybridized carbons (Fsp3) is 0.333. The average molecular weight is 348 g/mol. The Hall–Kier alpha value is -1.16. The lowest BCUT2D eigenvalue weighted by atomic mass is 9.99. The molecule has 2 N–H and O–H groups in total. The van der Waals surface area contributed by atoms with Gasteiger partial charge >= 0.3 is 0 Å². The fourth-order valence-electron chi connectivity index (χ4n) is 2.34. The second-order valence-corrected chi connectivity index (χ2v) is 6.26. The molecule has 0 saturated heterocycles. The van der Waals surface area contributed by atoms with Crippen LogP contribution in [0.25, 0.3) is 0 Å². The minimum atomic E-state index is -0.0751. The quantitative estimate of drug-likeness (QED) is 0.817. The maximum Gasteiger partial charge on any atom is 0.0980 e. The van der Waals surface area contributed by atoms with E-state index in [0.717, 1.165) is 22.0 Å². The zero-order chi connectivity index (χ0) is 15.2. The number of ether oxygens (including phenoxy) is 1. The zero-order valence-corrected chi connectivity index (χ0v) is 14.1. The largest absolute Gasteiger partial charge is 0.367 e. The van der Waals surface area contributed by atoms with Crippen LogP contribution in [0.15, 0.2) is 53.0 Å². The molecule has 0 saturated carbocycles. The van der Waals surface area contributed by atoms with Gasteiger partial charge in [-0.3, -0.25) is 0 Å². The van der Waals surface area contributed by atoms with Crippen LogP contribution in [0.3, 0.4) is 0 Å². The molecule has 112 valence electrons. The lowest BCUT2D eigenvalue weighted by Crippen LogP contribution is -2.29. The molecule has 0 aliphatic rings. The van der Waals surface area contributed by atoms with Crippen LogP contribution in [0.2, 0.25) is 0 Å². The van der Waals surface area contributed by atoms with Crippen molar-refractivity contribution in [1.82, 2.24) is 0 Å². The standard InChI is InChI=1S/C18H22BrNO/c1-3-17(20)18(15-8-4-6-13(2)10-15)21-12-14-7-5-9-16(19)11-14/h4-11,17-18H,3,12,20H2,1-2H3. The molecule has 2 aromatic carbocycles. The number of halogens is 1. The molecular formula is C18H22BrNO. The van der Waals surface area contributed by atoms with Gasteiger partial charge < -0.3 is 10.5 Å². The van der Waals surface area contributed by atoms with Gasteiger partial charge in [0.1, 0.15) is 0 Å². The Labute approximate surface area is 135 Å². The maximum atomic E-state index is 6.26. The van der Waals surface area contributed by atoms with Crippen LogP contribution in [0.5, 0.6) is 0 Å².